The molecule has 0 heterocycles. The number of amides is 1. The zero-order valence-electron chi connectivity index (χ0n) is 16.3. The summed E-state index contributed by atoms with van der Waals surface area (Å²) in [5, 5.41) is 15.7. The van der Waals surface area contributed by atoms with E-state index in [2.05, 4.69) is 21.7 Å². The molecule has 3 aromatic carbocycles. The van der Waals surface area contributed by atoms with Gasteiger partial charge in [0.15, 0.2) is 0 Å². The monoisotopic (exact) mass is 452 g/mol. The summed E-state index contributed by atoms with van der Waals surface area (Å²) >= 11 is 5.79. The number of carbonyl (C=O) groups is 1. The summed E-state index contributed by atoms with van der Waals surface area (Å²) in [6.07, 6.45) is 1.40. The van der Waals surface area contributed by atoms with Crippen molar-refractivity contribution < 1.29 is 18.3 Å². The van der Waals surface area contributed by atoms with Gasteiger partial charge < -0.3 is 5.11 Å². The molecule has 0 aliphatic heterocycles. The van der Waals surface area contributed by atoms with Gasteiger partial charge in [0.1, 0.15) is 5.75 Å². The highest BCUT2D eigenvalue weighted by Gasteiger charge is 2.10. The number of rotatable bonds is 4. The molecule has 6 nitrogen and oxygen atoms in total. The Hall–Kier alpha value is -3.60. The van der Waals surface area contributed by atoms with Crippen LogP contribution < -0.4 is 5.43 Å². The number of hydrogen-bond acceptors (Lipinski definition) is 5. The highest BCUT2D eigenvalue weighted by atomic mass is 35.5. The number of hydrazone groups is 1. The van der Waals surface area contributed by atoms with Crippen LogP contribution in [0.25, 0.3) is 0 Å². The lowest BCUT2D eigenvalue weighted by Gasteiger charge is -2.02. The number of aryl methyl sites for hydroxylation is 1. The molecule has 8 heteroatoms. The number of nitrogens with one attached hydrogen (secondary N) is 1. The molecule has 3 rings (SSSR count). The third-order valence-electron chi connectivity index (χ3n) is 4.14. The van der Waals surface area contributed by atoms with E-state index >= 15 is 0 Å². The van der Waals surface area contributed by atoms with Gasteiger partial charge in [0.25, 0.3) is 5.91 Å². The molecule has 0 fully saturated rings. The van der Waals surface area contributed by atoms with Crippen molar-refractivity contribution in [3.8, 4) is 16.9 Å². The standard InChI is InChI=1S/C23H17ClN2O4S/c1-16-5-8-20(9-6-16)31(29,30)12-11-17-3-2-4-18(13-17)15-25-26-23(28)19-7-10-22(27)21(24)14-19/h2-10,13-15,27H,1H3,(H,26,28). The summed E-state index contributed by atoms with van der Waals surface area (Å²) in [5.74, 6) is 2.03. The Labute approximate surface area is 185 Å². The van der Waals surface area contributed by atoms with Gasteiger partial charge >= 0.3 is 0 Å². The van der Waals surface area contributed by atoms with Crippen LogP contribution in [-0.4, -0.2) is 25.6 Å². The molecule has 0 saturated heterocycles. The van der Waals surface area contributed by atoms with Crippen molar-refractivity contribution in [1.82, 2.24) is 5.43 Å². The van der Waals surface area contributed by atoms with Crippen molar-refractivity contribution in [3.63, 3.8) is 0 Å². The fourth-order valence-corrected chi connectivity index (χ4v) is 3.52. The van der Waals surface area contributed by atoms with Crippen LogP contribution in [-0.2, 0) is 9.84 Å². The number of phenolic OH excluding ortho intramolecular Hbond substituents is 1. The van der Waals surface area contributed by atoms with Crippen LogP contribution in [0, 0.1) is 18.1 Å². The molecule has 31 heavy (non-hydrogen) atoms. The van der Waals surface area contributed by atoms with Gasteiger partial charge in [0.2, 0.25) is 9.84 Å². The molecule has 0 radical (unpaired) electrons. The Morgan fingerprint density at radius 2 is 1.84 bits per heavy atom. The van der Waals surface area contributed by atoms with Crippen LogP contribution in [0.1, 0.15) is 27.0 Å². The van der Waals surface area contributed by atoms with Crippen LogP contribution in [0.4, 0.5) is 0 Å². The van der Waals surface area contributed by atoms with E-state index in [1.165, 1.54) is 36.5 Å². The van der Waals surface area contributed by atoms with Gasteiger partial charge in [-0.3, -0.25) is 4.79 Å². The smallest absolute Gasteiger partial charge is 0.271 e. The van der Waals surface area contributed by atoms with Crippen LogP contribution >= 0.6 is 11.6 Å². The van der Waals surface area contributed by atoms with E-state index in [-0.39, 0.29) is 21.2 Å². The molecule has 0 bridgehead atoms. The Balaban J connectivity index is 1.70. The molecule has 0 unspecified atom stereocenters. The summed E-state index contributed by atoms with van der Waals surface area (Å²) < 4.78 is 24.7. The van der Waals surface area contributed by atoms with E-state index < -0.39 is 15.7 Å². The average Bonchev–Trinajstić information content (AvgIpc) is 2.75. The van der Waals surface area contributed by atoms with Crippen LogP contribution in [0.15, 0.2) is 76.7 Å². The minimum Gasteiger partial charge on any atom is -0.506 e. The minimum atomic E-state index is -3.73. The highest BCUT2D eigenvalue weighted by molar-refractivity contribution is 7.96. The molecule has 0 aliphatic rings. The first-order valence-corrected chi connectivity index (χ1v) is 10.9. The second-order valence-corrected chi connectivity index (χ2v) is 8.62. The Morgan fingerprint density at radius 1 is 1.10 bits per heavy atom. The quantitative estimate of drug-likeness (QED) is 0.356. The lowest BCUT2D eigenvalue weighted by atomic mass is 10.1. The van der Waals surface area contributed by atoms with Gasteiger partial charge in [-0.1, -0.05) is 41.4 Å². The van der Waals surface area contributed by atoms with Gasteiger partial charge in [-0.25, -0.2) is 13.8 Å². The normalized spacial score (nSPS) is 11.0. The zero-order valence-corrected chi connectivity index (χ0v) is 17.9. The Kier molecular flexibility index (Phi) is 6.75. The maximum Gasteiger partial charge on any atom is 0.271 e. The second kappa shape index (κ2) is 9.47. The first-order valence-electron chi connectivity index (χ1n) is 9.01. The van der Waals surface area contributed by atoms with E-state index in [1.807, 2.05) is 6.92 Å². The minimum absolute atomic E-state index is 0.0588. The molecule has 0 aromatic heterocycles. The molecule has 2 N–H and O–H groups in total. The van der Waals surface area contributed by atoms with Crippen LogP contribution in [0.5, 0.6) is 5.75 Å². The molecule has 1 amide bonds. The summed E-state index contributed by atoms with van der Waals surface area (Å²) in [6.45, 7) is 1.87. The number of aromatic hydroxyl groups is 1. The SMILES string of the molecule is Cc1ccc(S(=O)(=O)C#Cc2cccc(C=NNC(=O)c3ccc(O)c(Cl)c3)c2)cc1. The largest absolute Gasteiger partial charge is 0.506 e. The number of sulfone groups is 1. The maximum absolute atomic E-state index is 12.4. The molecule has 0 atom stereocenters. The molecule has 156 valence electrons. The molecular formula is C23H17ClN2O4S. The van der Waals surface area contributed by atoms with Crippen molar-refractivity contribution in [3.05, 3.63) is 94.0 Å². The summed E-state index contributed by atoms with van der Waals surface area (Å²) in [6, 6.07) is 17.3. The first-order chi connectivity index (χ1) is 14.7. The maximum atomic E-state index is 12.4. The number of carbonyl (C=O) groups excluding carboxylic acids is 1. The fraction of sp³-hybridized carbons (Fsp3) is 0.0435. The fourth-order valence-electron chi connectivity index (χ4n) is 2.48. The van der Waals surface area contributed by atoms with Gasteiger partial charge in [0.05, 0.1) is 16.1 Å². The number of phenols is 1. The molecule has 3 aromatic rings. The van der Waals surface area contributed by atoms with Crippen LogP contribution in [0.2, 0.25) is 5.02 Å². The van der Waals surface area contributed by atoms with E-state index in [0.717, 1.165) is 5.56 Å². The Morgan fingerprint density at radius 3 is 2.55 bits per heavy atom. The van der Waals surface area contributed by atoms with Crippen molar-refractivity contribution in [2.24, 2.45) is 5.10 Å². The Bertz CT molecular complexity index is 1320. The second-order valence-electron chi connectivity index (χ2n) is 6.53. The van der Waals surface area contributed by atoms with E-state index in [1.54, 1.807) is 36.4 Å². The first kappa shape index (κ1) is 22.1. The molecule has 0 aliphatic carbocycles. The van der Waals surface area contributed by atoms with Gasteiger partial charge in [-0.15, -0.1) is 0 Å². The van der Waals surface area contributed by atoms with Gasteiger partial charge in [-0.2, -0.15) is 5.10 Å². The number of hydrogen-bond donors (Lipinski definition) is 2. The number of nitrogens with zero attached hydrogens (tertiary/aromatic N) is 1. The van der Waals surface area contributed by atoms with Crippen molar-refractivity contribution in [2.45, 2.75) is 11.8 Å². The number of benzene rings is 3. The zero-order chi connectivity index (χ0) is 22.4. The number of halogens is 1. The summed E-state index contributed by atoms with van der Waals surface area (Å²) in [7, 11) is -3.73. The topological polar surface area (TPSA) is 95.8 Å². The average molecular weight is 453 g/mol. The predicted octanol–water partition coefficient (Wildman–Crippen LogP) is 3.90. The molecular weight excluding hydrogens is 436 g/mol. The predicted molar refractivity (Wildman–Crippen MR) is 120 cm³/mol. The lowest BCUT2D eigenvalue weighted by Crippen LogP contribution is -2.17. The van der Waals surface area contributed by atoms with E-state index in [4.69, 9.17) is 11.6 Å². The molecule has 0 spiro atoms. The molecule has 0 saturated carbocycles. The summed E-state index contributed by atoms with van der Waals surface area (Å²) in [5.41, 5.74) is 4.65. The highest BCUT2D eigenvalue weighted by Crippen LogP contribution is 2.23. The van der Waals surface area contributed by atoms with Crippen molar-refractivity contribution >= 4 is 33.6 Å². The van der Waals surface area contributed by atoms with Crippen molar-refractivity contribution in [1.29, 1.82) is 0 Å². The summed E-state index contributed by atoms with van der Waals surface area (Å²) in [4.78, 5) is 12.2. The van der Waals surface area contributed by atoms with E-state index in [9.17, 15) is 18.3 Å². The lowest BCUT2D eigenvalue weighted by molar-refractivity contribution is 0.0955. The third-order valence-corrected chi connectivity index (χ3v) is 5.70. The third kappa shape index (κ3) is 5.95. The van der Waals surface area contributed by atoms with Crippen molar-refractivity contribution in [2.75, 3.05) is 0 Å². The van der Waals surface area contributed by atoms with Crippen LogP contribution in [0.3, 0.4) is 0 Å². The van der Waals surface area contributed by atoms with E-state index in [0.29, 0.717) is 11.1 Å². The van der Waals surface area contributed by atoms with Gasteiger partial charge in [0, 0.05) is 16.4 Å². The van der Waals surface area contributed by atoms with Gasteiger partial charge in [-0.05, 0) is 60.9 Å².